The second-order valence-electron chi connectivity index (χ2n) is 3.69. The number of rotatable bonds is 4. The van der Waals surface area contributed by atoms with Crippen LogP contribution < -0.4 is 5.73 Å². The third-order valence-corrected chi connectivity index (χ3v) is 1.64. The van der Waals surface area contributed by atoms with E-state index in [4.69, 9.17) is 5.73 Å². The van der Waals surface area contributed by atoms with Crippen LogP contribution in [-0.2, 0) is 0 Å². The number of hydrogen-bond acceptors (Lipinski definition) is 1. The summed E-state index contributed by atoms with van der Waals surface area (Å²) in [5.74, 6) is 0. The molecule has 0 spiro atoms. The molecule has 0 saturated heterocycles. The van der Waals surface area contributed by atoms with Crippen molar-refractivity contribution in [2.24, 2.45) is 5.73 Å². The summed E-state index contributed by atoms with van der Waals surface area (Å²) in [5.41, 5.74) is 8.42. The van der Waals surface area contributed by atoms with Crippen LogP contribution in [-0.4, -0.2) is 6.04 Å². The maximum atomic E-state index is 5.63. The predicted molar refractivity (Wildman–Crippen MR) is 56.1 cm³/mol. The fourth-order valence-electron chi connectivity index (χ4n) is 1.12. The first-order valence-electron chi connectivity index (χ1n) is 4.58. The Morgan fingerprint density at radius 2 is 1.92 bits per heavy atom. The molecule has 2 N–H and O–H groups in total. The van der Waals surface area contributed by atoms with Gasteiger partial charge in [0.05, 0.1) is 0 Å². The van der Waals surface area contributed by atoms with Gasteiger partial charge < -0.3 is 5.73 Å². The normalized spacial score (nSPS) is 14.2. The summed E-state index contributed by atoms with van der Waals surface area (Å²) >= 11 is 0. The zero-order valence-electron chi connectivity index (χ0n) is 8.72. The van der Waals surface area contributed by atoms with E-state index >= 15 is 0 Å². The van der Waals surface area contributed by atoms with E-state index in [1.54, 1.807) is 0 Å². The van der Waals surface area contributed by atoms with Crippen molar-refractivity contribution < 1.29 is 0 Å². The molecule has 1 heteroatoms. The summed E-state index contributed by atoms with van der Waals surface area (Å²) in [4.78, 5) is 0. The zero-order chi connectivity index (χ0) is 9.56. The van der Waals surface area contributed by atoms with Crippen molar-refractivity contribution in [2.75, 3.05) is 0 Å². The molecular formula is C11H21N. The van der Waals surface area contributed by atoms with Crippen molar-refractivity contribution in [3.63, 3.8) is 0 Å². The lowest BCUT2D eigenvalue weighted by Crippen LogP contribution is -2.11. The van der Waals surface area contributed by atoms with Gasteiger partial charge in [-0.2, -0.15) is 0 Å². The lowest BCUT2D eigenvalue weighted by Gasteiger charge is -2.01. The highest BCUT2D eigenvalue weighted by atomic mass is 14.6. The van der Waals surface area contributed by atoms with Crippen molar-refractivity contribution in [3.05, 3.63) is 23.3 Å². The molecule has 0 heterocycles. The molecular weight excluding hydrogens is 146 g/mol. The van der Waals surface area contributed by atoms with Crippen molar-refractivity contribution in [1.82, 2.24) is 0 Å². The molecule has 0 aromatic heterocycles. The van der Waals surface area contributed by atoms with Crippen LogP contribution in [0, 0.1) is 0 Å². The molecule has 12 heavy (non-hydrogen) atoms. The highest BCUT2D eigenvalue weighted by Crippen LogP contribution is 2.06. The predicted octanol–water partition coefficient (Wildman–Crippen LogP) is 3.03. The van der Waals surface area contributed by atoms with E-state index in [1.807, 2.05) is 6.92 Å². The molecule has 0 aliphatic carbocycles. The molecule has 70 valence electrons. The minimum absolute atomic E-state index is 0.191. The van der Waals surface area contributed by atoms with E-state index in [9.17, 15) is 0 Å². The molecule has 0 aromatic carbocycles. The van der Waals surface area contributed by atoms with Crippen LogP contribution in [0.2, 0.25) is 0 Å². The van der Waals surface area contributed by atoms with E-state index < -0.39 is 0 Å². The quantitative estimate of drug-likeness (QED) is 0.640. The van der Waals surface area contributed by atoms with E-state index in [0.717, 1.165) is 12.8 Å². The van der Waals surface area contributed by atoms with E-state index in [2.05, 4.69) is 32.9 Å². The van der Waals surface area contributed by atoms with Crippen molar-refractivity contribution in [3.8, 4) is 0 Å². The minimum Gasteiger partial charge on any atom is -0.325 e. The molecule has 0 aliphatic heterocycles. The van der Waals surface area contributed by atoms with Gasteiger partial charge in [0.2, 0.25) is 0 Å². The second kappa shape index (κ2) is 6.01. The fraction of sp³-hybridized carbons (Fsp3) is 0.636. The molecule has 0 fully saturated rings. The Morgan fingerprint density at radius 1 is 1.33 bits per heavy atom. The molecule has 0 rings (SSSR count). The molecule has 0 aliphatic rings. The zero-order valence-corrected chi connectivity index (χ0v) is 8.72. The summed E-state index contributed by atoms with van der Waals surface area (Å²) in [5, 5.41) is 0. The first-order chi connectivity index (χ1) is 5.52. The van der Waals surface area contributed by atoms with Gasteiger partial charge in [-0.05, 0) is 40.5 Å². The van der Waals surface area contributed by atoms with Gasteiger partial charge in [-0.25, -0.2) is 0 Å². The van der Waals surface area contributed by atoms with Gasteiger partial charge in [0.15, 0.2) is 0 Å². The van der Waals surface area contributed by atoms with Gasteiger partial charge in [0, 0.05) is 6.04 Å². The first-order valence-corrected chi connectivity index (χ1v) is 4.58. The summed E-state index contributed by atoms with van der Waals surface area (Å²) in [7, 11) is 0. The van der Waals surface area contributed by atoms with Crippen LogP contribution in [0.3, 0.4) is 0 Å². The molecule has 0 aromatic rings. The highest BCUT2D eigenvalue weighted by Gasteiger charge is 1.91. The molecule has 1 unspecified atom stereocenters. The Labute approximate surface area is 76.3 Å². The average molecular weight is 167 g/mol. The van der Waals surface area contributed by atoms with Gasteiger partial charge in [-0.1, -0.05) is 23.3 Å². The Balaban J connectivity index is 3.71. The third-order valence-electron chi connectivity index (χ3n) is 1.64. The second-order valence-corrected chi connectivity index (χ2v) is 3.69. The standard InChI is InChI=1S/C11H21N/c1-9(2)6-5-7-10(3)8-11(4)12/h6,8,11H,5,7,12H2,1-4H3. The smallest absolute Gasteiger partial charge is 0.0197 e. The molecule has 1 atom stereocenters. The number of nitrogens with two attached hydrogens (primary N) is 1. The molecule has 0 amide bonds. The lowest BCUT2D eigenvalue weighted by molar-refractivity contribution is 0.881. The van der Waals surface area contributed by atoms with Gasteiger partial charge in [0.1, 0.15) is 0 Å². The monoisotopic (exact) mass is 167 g/mol. The van der Waals surface area contributed by atoms with Crippen molar-refractivity contribution in [2.45, 2.75) is 46.6 Å². The third kappa shape index (κ3) is 7.55. The van der Waals surface area contributed by atoms with Crippen LogP contribution >= 0.6 is 0 Å². The van der Waals surface area contributed by atoms with Gasteiger partial charge in [0.25, 0.3) is 0 Å². The Hall–Kier alpha value is -0.560. The maximum Gasteiger partial charge on any atom is 0.0197 e. The molecule has 1 nitrogen and oxygen atoms in total. The Kier molecular flexibility index (Phi) is 5.73. The van der Waals surface area contributed by atoms with E-state index in [0.29, 0.717) is 0 Å². The molecule has 0 bridgehead atoms. The summed E-state index contributed by atoms with van der Waals surface area (Å²) < 4.78 is 0. The van der Waals surface area contributed by atoms with Crippen LogP contribution in [0.15, 0.2) is 23.3 Å². The van der Waals surface area contributed by atoms with E-state index in [1.165, 1.54) is 11.1 Å². The number of hydrogen-bond donors (Lipinski definition) is 1. The topological polar surface area (TPSA) is 26.0 Å². The number of allylic oxidation sites excluding steroid dienone is 3. The van der Waals surface area contributed by atoms with Crippen LogP contribution in [0.4, 0.5) is 0 Å². The molecule has 0 saturated carbocycles. The minimum atomic E-state index is 0.191. The summed E-state index contributed by atoms with van der Waals surface area (Å²) in [6.07, 6.45) is 6.65. The molecule has 0 radical (unpaired) electrons. The van der Waals surface area contributed by atoms with Gasteiger partial charge >= 0.3 is 0 Å². The largest absolute Gasteiger partial charge is 0.325 e. The van der Waals surface area contributed by atoms with E-state index in [-0.39, 0.29) is 6.04 Å². The maximum absolute atomic E-state index is 5.63. The van der Waals surface area contributed by atoms with Crippen LogP contribution in [0.25, 0.3) is 0 Å². The summed E-state index contributed by atoms with van der Waals surface area (Å²) in [6.45, 7) is 8.40. The first kappa shape index (κ1) is 11.4. The van der Waals surface area contributed by atoms with Crippen LogP contribution in [0.5, 0.6) is 0 Å². The Morgan fingerprint density at radius 3 is 2.33 bits per heavy atom. The SMILES string of the molecule is CC(C)=CCCC(C)=CC(C)N. The lowest BCUT2D eigenvalue weighted by atomic mass is 10.1. The Bertz CT molecular complexity index is 171. The van der Waals surface area contributed by atoms with Crippen LogP contribution in [0.1, 0.15) is 40.5 Å². The van der Waals surface area contributed by atoms with Crippen molar-refractivity contribution >= 4 is 0 Å². The average Bonchev–Trinajstić information content (AvgIpc) is 1.84. The summed E-state index contributed by atoms with van der Waals surface area (Å²) in [6, 6.07) is 0.191. The van der Waals surface area contributed by atoms with Gasteiger partial charge in [-0.3, -0.25) is 0 Å². The van der Waals surface area contributed by atoms with Crippen molar-refractivity contribution in [1.29, 1.82) is 0 Å². The highest BCUT2D eigenvalue weighted by molar-refractivity contribution is 5.04. The fourth-order valence-corrected chi connectivity index (χ4v) is 1.12. The van der Waals surface area contributed by atoms with Gasteiger partial charge in [-0.15, -0.1) is 0 Å².